The van der Waals surface area contributed by atoms with Crippen molar-refractivity contribution in [2.75, 3.05) is 26.0 Å². The average Bonchev–Trinajstić information content (AvgIpc) is 3.03. The van der Waals surface area contributed by atoms with Gasteiger partial charge in [0.2, 0.25) is 0 Å². The van der Waals surface area contributed by atoms with E-state index in [2.05, 4.69) is 12.2 Å². The largest absolute Gasteiger partial charge is 0.387 e. The highest BCUT2D eigenvalue weighted by Gasteiger charge is 2.34. The van der Waals surface area contributed by atoms with E-state index in [1.165, 1.54) is 6.42 Å². The van der Waals surface area contributed by atoms with E-state index in [1.807, 2.05) is 20.2 Å². The molecule has 0 spiro atoms. The maximum absolute atomic E-state index is 12.4. The van der Waals surface area contributed by atoms with Gasteiger partial charge in [-0.3, -0.25) is 4.79 Å². The lowest BCUT2D eigenvalue weighted by Crippen LogP contribution is -2.29. The minimum absolute atomic E-state index is 0.0287. The Balaban J connectivity index is 2.14. The Morgan fingerprint density at radius 1 is 1.56 bits per heavy atom. The lowest BCUT2D eigenvalue weighted by Gasteiger charge is -2.19. The Labute approximate surface area is 113 Å². The van der Waals surface area contributed by atoms with E-state index in [4.69, 9.17) is 11.6 Å². The number of nitrogens with one attached hydrogen (secondary N) is 1. The van der Waals surface area contributed by atoms with Gasteiger partial charge in [0.1, 0.15) is 0 Å². The summed E-state index contributed by atoms with van der Waals surface area (Å²) in [5, 5.41) is 3.62. The van der Waals surface area contributed by atoms with Crippen molar-refractivity contribution in [1.82, 2.24) is 4.90 Å². The standard InChI is InChI=1S/C14H19ClN2O/c1-9-6-10(9)8-17(3)14(18)12-7-11(15)4-5-13(12)16-2/h4-5,7,9-10,16H,6,8H2,1-3H3. The smallest absolute Gasteiger partial charge is 0.255 e. The van der Waals surface area contributed by atoms with E-state index in [0.717, 1.165) is 18.2 Å². The predicted octanol–water partition coefficient (Wildman–Crippen LogP) is 3.11. The zero-order valence-corrected chi connectivity index (χ0v) is 11.8. The highest BCUT2D eigenvalue weighted by Crippen LogP contribution is 2.38. The van der Waals surface area contributed by atoms with Gasteiger partial charge in [0.25, 0.3) is 5.91 Å². The Morgan fingerprint density at radius 2 is 2.22 bits per heavy atom. The molecule has 98 valence electrons. The minimum atomic E-state index is 0.0287. The van der Waals surface area contributed by atoms with Gasteiger partial charge in [-0.2, -0.15) is 0 Å². The number of carbonyl (C=O) groups excluding carboxylic acids is 1. The molecule has 18 heavy (non-hydrogen) atoms. The van der Waals surface area contributed by atoms with Crippen LogP contribution < -0.4 is 5.32 Å². The molecular weight excluding hydrogens is 248 g/mol. The van der Waals surface area contributed by atoms with Gasteiger partial charge in [-0.05, 0) is 36.5 Å². The first kappa shape index (κ1) is 13.2. The molecule has 1 N–H and O–H groups in total. The minimum Gasteiger partial charge on any atom is -0.387 e. The van der Waals surface area contributed by atoms with Gasteiger partial charge in [-0.25, -0.2) is 0 Å². The summed E-state index contributed by atoms with van der Waals surface area (Å²) in [6.07, 6.45) is 1.23. The number of rotatable bonds is 4. The van der Waals surface area contributed by atoms with E-state index in [-0.39, 0.29) is 5.91 Å². The molecule has 3 nitrogen and oxygen atoms in total. The molecule has 1 aromatic rings. The molecule has 1 saturated carbocycles. The van der Waals surface area contributed by atoms with Crippen LogP contribution in [0, 0.1) is 11.8 Å². The lowest BCUT2D eigenvalue weighted by atomic mass is 10.1. The second kappa shape index (κ2) is 5.19. The molecule has 0 saturated heterocycles. The zero-order valence-electron chi connectivity index (χ0n) is 11.0. The molecule has 0 aliphatic heterocycles. The van der Waals surface area contributed by atoms with E-state index >= 15 is 0 Å². The summed E-state index contributed by atoms with van der Waals surface area (Å²) in [5.41, 5.74) is 1.46. The van der Waals surface area contributed by atoms with Crippen LogP contribution in [0.2, 0.25) is 5.02 Å². The Morgan fingerprint density at radius 3 is 2.78 bits per heavy atom. The Kier molecular flexibility index (Phi) is 3.81. The molecule has 0 aromatic heterocycles. The first-order valence-electron chi connectivity index (χ1n) is 6.25. The fourth-order valence-corrected chi connectivity index (χ4v) is 2.38. The molecule has 1 amide bonds. The Bertz CT molecular complexity index is 461. The highest BCUT2D eigenvalue weighted by molar-refractivity contribution is 6.31. The van der Waals surface area contributed by atoms with Crippen molar-refractivity contribution in [3.05, 3.63) is 28.8 Å². The maximum atomic E-state index is 12.4. The molecule has 1 aliphatic rings. The van der Waals surface area contributed by atoms with E-state index in [1.54, 1.807) is 17.0 Å². The number of anilines is 1. The van der Waals surface area contributed by atoms with Gasteiger partial charge >= 0.3 is 0 Å². The van der Waals surface area contributed by atoms with Crippen LogP contribution in [0.15, 0.2) is 18.2 Å². The van der Waals surface area contributed by atoms with Crippen LogP contribution in [0.3, 0.4) is 0 Å². The quantitative estimate of drug-likeness (QED) is 0.908. The van der Waals surface area contributed by atoms with Gasteiger partial charge < -0.3 is 10.2 Å². The monoisotopic (exact) mass is 266 g/mol. The summed E-state index contributed by atoms with van der Waals surface area (Å²) in [6, 6.07) is 5.35. The second-order valence-electron chi connectivity index (χ2n) is 5.10. The van der Waals surface area contributed by atoms with Gasteiger partial charge in [-0.15, -0.1) is 0 Å². The third-order valence-electron chi connectivity index (χ3n) is 3.61. The molecule has 1 aromatic carbocycles. The van der Waals surface area contributed by atoms with Crippen LogP contribution in [0.1, 0.15) is 23.7 Å². The highest BCUT2D eigenvalue weighted by atomic mass is 35.5. The number of amides is 1. The molecule has 0 bridgehead atoms. The topological polar surface area (TPSA) is 32.3 Å². The molecule has 2 rings (SSSR count). The van der Waals surface area contributed by atoms with Crippen LogP contribution in [-0.4, -0.2) is 31.4 Å². The van der Waals surface area contributed by atoms with Crippen molar-refractivity contribution in [2.45, 2.75) is 13.3 Å². The van der Waals surface area contributed by atoms with Crippen LogP contribution in [-0.2, 0) is 0 Å². The van der Waals surface area contributed by atoms with Crippen LogP contribution in [0.4, 0.5) is 5.69 Å². The van der Waals surface area contributed by atoms with E-state index in [9.17, 15) is 4.79 Å². The van der Waals surface area contributed by atoms with Gasteiger partial charge in [0, 0.05) is 31.4 Å². The first-order chi connectivity index (χ1) is 8.52. The summed E-state index contributed by atoms with van der Waals surface area (Å²) in [6.45, 7) is 3.05. The lowest BCUT2D eigenvalue weighted by molar-refractivity contribution is 0.0788. The van der Waals surface area contributed by atoms with E-state index in [0.29, 0.717) is 16.5 Å². The van der Waals surface area contributed by atoms with Crippen LogP contribution in [0.25, 0.3) is 0 Å². The molecule has 2 atom stereocenters. The SMILES string of the molecule is CNc1ccc(Cl)cc1C(=O)N(C)CC1CC1C. The molecule has 2 unspecified atom stereocenters. The van der Waals surface area contributed by atoms with Gasteiger partial charge in [0.05, 0.1) is 5.56 Å². The first-order valence-corrected chi connectivity index (χ1v) is 6.63. The number of halogens is 1. The zero-order chi connectivity index (χ0) is 13.3. The predicted molar refractivity (Wildman–Crippen MR) is 75.2 cm³/mol. The third-order valence-corrected chi connectivity index (χ3v) is 3.85. The van der Waals surface area contributed by atoms with Crippen molar-refractivity contribution in [1.29, 1.82) is 0 Å². The van der Waals surface area contributed by atoms with Crippen molar-refractivity contribution >= 4 is 23.2 Å². The molecule has 1 aliphatic carbocycles. The third kappa shape index (κ3) is 2.78. The van der Waals surface area contributed by atoms with Gasteiger partial charge in [0.15, 0.2) is 0 Å². The number of hydrogen-bond donors (Lipinski definition) is 1. The second-order valence-corrected chi connectivity index (χ2v) is 5.54. The van der Waals surface area contributed by atoms with Crippen molar-refractivity contribution in [3.63, 3.8) is 0 Å². The summed E-state index contributed by atoms with van der Waals surface area (Å²) < 4.78 is 0. The summed E-state index contributed by atoms with van der Waals surface area (Å²) in [7, 11) is 3.66. The van der Waals surface area contributed by atoms with Crippen molar-refractivity contribution in [3.8, 4) is 0 Å². The molecule has 0 radical (unpaired) electrons. The fraction of sp³-hybridized carbons (Fsp3) is 0.500. The molecule has 1 fully saturated rings. The number of hydrogen-bond acceptors (Lipinski definition) is 2. The Hall–Kier alpha value is -1.22. The normalized spacial score (nSPS) is 21.6. The number of benzene rings is 1. The summed E-state index contributed by atoms with van der Waals surface area (Å²) in [4.78, 5) is 14.2. The van der Waals surface area contributed by atoms with Gasteiger partial charge in [-0.1, -0.05) is 18.5 Å². The maximum Gasteiger partial charge on any atom is 0.255 e. The van der Waals surface area contributed by atoms with Crippen LogP contribution in [0.5, 0.6) is 0 Å². The molecule has 0 heterocycles. The van der Waals surface area contributed by atoms with Crippen molar-refractivity contribution in [2.24, 2.45) is 11.8 Å². The number of nitrogens with zero attached hydrogens (tertiary/aromatic N) is 1. The fourth-order valence-electron chi connectivity index (χ4n) is 2.21. The summed E-state index contributed by atoms with van der Waals surface area (Å²) in [5.74, 6) is 1.44. The summed E-state index contributed by atoms with van der Waals surface area (Å²) >= 11 is 5.97. The van der Waals surface area contributed by atoms with E-state index < -0.39 is 0 Å². The molecular formula is C14H19ClN2O. The number of carbonyl (C=O) groups is 1. The van der Waals surface area contributed by atoms with Crippen LogP contribution >= 0.6 is 11.6 Å². The average molecular weight is 267 g/mol. The molecule has 4 heteroatoms. The van der Waals surface area contributed by atoms with Crippen molar-refractivity contribution < 1.29 is 4.79 Å².